The summed E-state index contributed by atoms with van der Waals surface area (Å²) in [6.07, 6.45) is 0. The zero-order chi connectivity index (χ0) is 13.8. The molecule has 3 N–H and O–H groups in total. The molecule has 0 aliphatic rings. The second-order valence-electron chi connectivity index (χ2n) is 3.93. The van der Waals surface area contributed by atoms with Gasteiger partial charge < -0.3 is 5.73 Å². The van der Waals surface area contributed by atoms with Gasteiger partial charge in [-0.3, -0.25) is 10.1 Å². The van der Waals surface area contributed by atoms with Gasteiger partial charge in [0, 0.05) is 27.0 Å². The molecule has 1 aromatic heterocycles. The van der Waals surface area contributed by atoms with Crippen LogP contribution in [0.1, 0.15) is 16.5 Å². The molecule has 3 nitrogen and oxygen atoms in total. The van der Waals surface area contributed by atoms with Crippen LogP contribution in [0.4, 0.5) is 0 Å². The average Bonchev–Trinajstić information content (AvgIpc) is 2.85. The number of nitrogens with two attached hydrogens (primary N) is 1. The Morgan fingerprint density at radius 2 is 1.95 bits per heavy atom. The predicted molar refractivity (Wildman–Crippen MR) is 79.6 cm³/mol. The minimum atomic E-state index is -0.705. The van der Waals surface area contributed by atoms with E-state index in [1.54, 1.807) is 29.5 Å². The van der Waals surface area contributed by atoms with Crippen LogP contribution in [0.25, 0.3) is 0 Å². The van der Waals surface area contributed by atoms with Crippen molar-refractivity contribution in [2.45, 2.75) is 12.6 Å². The molecule has 0 saturated heterocycles. The fourth-order valence-corrected chi connectivity index (χ4v) is 3.02. The van der Waals surface area contributed by atoms with Crippen LogP contribution < -0.4 is 11.1 Å². The Kier molecular flexibility index (Phi) is 4.82. The minimum Gasteiger partial charge on any atom is -0.368 e. The SMILES string of the molecule is NC(=O)C(NCc1cccs1)c1c(Cl)cccc1Cl. The third-order valence-corrected chi connectivity index (χ3v) is 4.17. The number of carbonyl (C=O) groups is 1. The molecule has 1 aromatic carbocycles. The summed E-state index contributed by atoms with van der Waals surface area (Å²) in [4.78, 5) is 12.7. The molecule has 1 unspecified atom stereocenters. The number of hydrogen-bond donors (Lipinski definition) is 2. The number of carbonyl (C=O) groups excluding carboxylic acids is 1. The Labute approximate surface area is 125 Å². The fraction of sp³-hybridized carbons (Fsp3) is 0.154. The Hall–Kier alpha value is -1.07. The van der Waals surface area contributed by atoms with Crippen molar-refractivity contribution < 1.29 is 4.79 Å². The largest absolute Gasteiger partial charge is 0.368 e. The number of rotatable bonds is 5. The van der Waals surface area contributed by atoms with Crippen molar-refractivity contribution in [1.29, 1.82) is 0 Å². The van der Waals surface area contributed by atoms with Gasteiger partial charge in [0.2, 0.25) is 5.91 Å². The molecular formula is C13H12Cl2N2OS. The van der Waals surface area contributed by atoms with Crippen molar-refractivity contribution in [3.63, 3.8) is 0 Å². The molecule has 0 fully saturated rings. The quantitative estimate of drug-likeness (QED) is 0.889. The normalized spacial score (nSPS) is 12.3. The maximum Gasteiger partial charge on any atom is 0.239 e. The highest BCUT2D eigenvalue weighted by molar-refractivity contribution is 7.09. The smallest absolute Gasteiger partial charge is 0.239 e. The molecule has 2 rings (SSSR count). The van der Waals surface area contributed by atoms with Crippen molar-refractivity contribution in [1.82, 2.24) is 5.32 Å². The molecule has 1 heterocycles. The van der Waals surface area contributed by atoms with Gasteiger partial charge in [-0.2, -0.15) is 0 Å². The van der Waals surface area contributed by atoms with Crippen LogP contribution in [0.5, 0.6) is 0 Å². The molecule has 0 saturated carbocycles. The Balaban J connectivity index is 2.23. The molecule has 0 aliphatic heterocycles. The summed E-state index contributed by atoms with van der Waals surface area (Å²) in [6, 6.07) is 8.32. The number of thiophene rings is 1. The third-order valence-electron chi connectivity index (χ3n) is 2.63. The number of amides is 1. The van der Waals surface area contributed by atoms with Gasteiger partial charge in [-0.25, -0.2) is 0 Å². The highest BCUT2D eigenvalue weighted by Crippen LogP contribution is 2.30. The molecule has 19 heavy (non-hydrogen) atoms. The average molecular weight is 315 g/mol. The lowest BCUT2D eigenvalue weighted by Crippen LogP contribution is -2.33. The summed E-state index contributed by atoms with van der Waals surface area (Å²) in [7, 11) is 0. The van der Waals surface area contributed by atoms with Crippen LogP contribution in [0.3, 0.4) is 0 Å². The lowest BCUT2D eigenvalue weighted by Gasteiger charge is -2.18. The van der Waals surface area contributed by atoms with E-state index in [9.17, 15) is 4.79 Å². The van der Waals surface area contributed by atoms with Crippen LogP contribution in [0, 0.1) is 0 Å². The van der Waals surface area contributed by atoms with Crippen LogP contribution >= 0.6 is 34.5 Å². The third kappa shape index (κ3) is 3.48. The van der Waals surface area contributed by atoms with Crippen LogP contribution in [0.2, 0.25) is 10.0 Å². The van der Waals surface area contributed by atoms with Crippen molar-refractivity contribution in [3.05, 3.63) is 56.2 Å². The van der Waals surface area contributed by atoms with Gasteiger partial charge in [0.25, 0.3) is 0 Å². The molecule has 2 aromatic rings. The Morgan fingerprint density at radius 3 is 2.47 bits per heavy atom. The van der Waals surface area contributed by atoms with E-state index in [2.05, 4.69) is 5.32 Å². The Bertz CT molecular complexity index is 552. The lowest BCUT2D eigenvalue weighted by molar-refractivity contribution is -0.120. The van der Waals surface area contributed by atoms with Crippen LogP contribution in [0.15, 0.2) is 35.7 Å². The van der Waals surface area contributed by atoms with Gasteiger partial charge in [0.05, 0.1) is 0 Å². The second kappa shape index (κ2) is 6.39. The first kappa shape index (κ1) is 14.3. The van der Waals surface area contributed by atoms with Crippen molar-refractivity contribution in [2.75, 3.05) is 0 Å². The van der Waals surface area contributed by atoms with Crippen molar-refractivity contribution >= 4 is 40.4 Å². The minimum absolute atomic E-state index is 0.426. The molecule has 100 valence electrons. The summed E-state index contributed by atoms with van der Waals surface area (Å²) in [5.74, 6) is -0.508. The molecule has 0 bridgehead atoms. The Morgan fingerprint density at radius 1 is 1.26 bits per heavy atom. The maximum absolute atomic E-state index is 11.6. The first-order valence-electron chi connectivity index (χ1n) is 5.58. The van der Waals surface area contributed by atoms with Gasteiger partial charge in [0.15, 0.2) is 0 Å². The zero-order valence-corrected chi connectivity index (χ0v) is 12.2. The van der Waals surface area contributed by atoms with E-state index < -0.39 is 11.9 Å². The van der Waals surface area contributed by atoms with E-state index in [1.165, 1.54) is 0 Å². The first-order chi connectivity index (χ1) is 9.09. The molecule has 6 heteroatoms. The van der Waals surface area contributed by atoms with E-state index in [-0.39, 0.29) is 0 Å². The summed E-state index contributed by atoms with van der Waals surface area (Å²) in [5, 5.41) is 5.91. The standard InChI is InChI=1S/C13H12Cl2N2OS/c14-9-4-1-5-10(15)11(9)12(13(16)18)17-7-8-3-2-6-19-8/h1-6,12,17H,7H2,(H2,16,18). The molecular weight excluding hydrogens is 303 g/mol. The first-order valence-corrected chi connectivity index (χ1v) is 7.22. The number of hydrogen-bond acceptors (Lipinski definition) is 3. The van der Waals surface area contributed by atoms with Crippen molar-refractivity contribution in [3.8, 4) is 0 Å². The summed E-state index contributed by atoms with van der Waals surface area (Å²) >= 11 is 13.8. The molecule has 0 radical (unpaired) electrons. The summed E-state index contributed by atoms with van der Waals surface area (Å²) in [6.45, 7) is 0.535. The van der Waals surface area contributed by atoms with Crippen molar-refractivity contribution in [2.24, 2.45) is 5.73 Å². The predicted octanol–water partition coefficient (Wildman–Crippen LogP) is 3.37. The number of benzene rings is 1. The fourth-order valence-electron chi connectivity index (χ4n) is 1.75. The molecule has 0 spiro atoms. The topological polar surface area (TPSA) is 55.1 Å². The van der Waals surface area contributed by atoms with Crippen LogP contribution in [-0.4, -0.2) is 5.91 Å². The monoisotopic (exact) mass is 314 g/mol. The van der Waals surface area contributed by atoms with Gasteiger partial charge in [-0.1, -0.05) is 35.3 Å². The van der Waals surface area contributed by atoms with E-state index in [0.29, 0.717) is 22.2 Å². The molecule has 1 amide bonds. The van der Waals surface area contributed by atoms with E-state index in [4.69, 9.17) is 28.9 Å². The molecule has 1 atom stereocenters. The van der Waals surface area contributed by atoms with Gasteiger partial charge in [0.1, 0.15) is 6.04 Å². The van der Waals surface area contributed by atoms with E-state index in [0.717, 1.165) is 4.88 Å². The summed E-state index contributed by atoms with van der Waals surface area (Å²) < 4.78 is 0. The van der Waals surface area contributed by atoms with E-state index >= 15 is 0 Å². The van der Waals surface area contributed by atoms with Crippen LogP contribution in [-0.2, 0) is 11.3 Å². The highest BCUT2D eigenvalue weighted by atomic mass is 35.5. The summed E-state index contributed by atoms with van der Waals surface area (Å²) in [5.41, 5.74) is 5.95. The van der Waals surface area contributed by atoms with E-state index in [1.807, 2.05) is 17.5 Å². The number of nitrogens with one attached hydrogen (secondary N) is 1. The van der Waals surface area contributed by atoms with Gasteiger partial charge in [-0.15, -0.1) is 11.3 Å². The van der Waals surface area contributed by atoms with Gasteiger partial charge >= 0.3 is 0 Å². The second-order valence-corrected chi connectivity index (χ2v) is 5.78. The number of primary amides is 1. The number of halogens is 2. The molecule has 0 aliphatic carbocycles. The lowest BCUT2D eigenvalue weighted by atomic mass is 10.1. The highest BCUT2D eigenvalue weighted by Gasteiger charge is 2.22. The zero-order valence-electron chi connectivity index (χ0n) is 9.90. The maximum atomic E-state index is 11.6. The van der Waals surface area contributed by atoms with Gasteiger partial charge in [-0.05, 0) is 23.6 Å².